The first-order valence-electron chi connectivity index (χ1n) is 7.22. The number of aryl methyl sites for hydroxylation is 1. The number of hydrogen-bond acceptors (Lipinski definition) is 3. The number of nitrogens with zero attached hydrogens (tertiary/aromatic N) is 2. The molecule has 1 heterocycles. The van der Waals surface area contributed by atoms with Crippen LogP contribution in [0.4, 0.5) is 5.82 Å². The molecule has 0 amide bonds. The van der Waals surface area contributed by atoms with Crippen molar-refractivity contribution < 1.29 is 0 Å². The van der Waals surface area contributed by atoms with E-state index in [4.69, 9.17) is 16.6 Å². The summed E-state index contributed by atoms with van der Waals surface area (Å²) in [6.45, 7) is 5.23. The predicted octanol–water partition coefficient (Wildman–Crippen LogP) is 5.18. The van der Waals surface area contributed by atoms with Crippen molar-refractivity contribution in [3.8, 4) is 11.4 Å². The average Bonchev–Trinajstić information content (AvgIpc) is 2.49. The zero-order valence-electron chi connectivity index (χ0n) is 12.3. The zero-order chi connectivity index (χ0) is 15.2. The van der Waals surface area contributed by atoms with Gasteiger partial charge in [0.1, 0.15) is 5.82 Å². The second-order valence-corrected chi connectivity index (χ2v) is 6.36. The van der Waals surface area contributed by atoms with E-state index in [-0.39, 0.29) is 0 Å². The fourth-order valence-corrected chi connectivity index (χ4v) is 2.81. The Bertz CT molecular complexity index is 599. The summed E-state index contributed by atoms with van der Waals surface area (Å²) in [6, 6.07) is 7.67. The molecule has 21 heavy (non-hydrogen) atoms. The van der Waals surface area contributed by atoms with Gasteiger partial charge in [0.25, 0.3) is 0 Å². The number of nitrogens with one attached hydrogen (secondary N) is 1. The molecule has 5 heteroatoms. The van der Waals surface area contributed by atoms with Crippen LogP contribution in [0.2, 0.25) is 5.02 Å². The van der Waals surface area contributed by atoms with Crippen LogP contribution in [0.3, 0.4) is 0 Å². The SMILES string of the molecule is CCCNc1nc(-c2ccc(Cl)cc2)nc(CCC)c1I. The van der Waals surface area contributed by atoms with Gasteiger partial charge < -0.3 is 5.32 Å². The molecular formula is C16H19ClIN3. The van der Waals surface area contributed by atoms with Crippen LogP contribution in [-0.2, 0) is 6.42 Å². The lowest BCUT2D eigenvalue weighted by Crippen LogP contribution is -2.09. The van der Waals surface area contributed by atoms with Crippen molar-refractivity contribution >= 4 is 40.0 Å². The van der Waals surface area contributed by atoms with Crippen molar-refractivity contribution in [2.24, 2.45) is 0 Å². The molecule has 3 nitrogen and oxygen atoms in total. The van der Waals surface area contributed by atoms with Crippen LogP contribution >= 0.6 is 34.2 Å². The monoisotopic (exact) mass is 415 g/mol. The maximum atomic E-state index is 5.95. The molecule has 0 fully saturated rings. The smallest absolute Gasteiger partial charge is 0.161 e. The lowest BCUT2D eigenvalue weighted by Gasteiger charge is -2.12. The molecule has 0 saturated carbocycles. The van der Waals surface area contributed by atoms with E-state index in [1.165, 1.54) is 0 Å². The topological polar surface area (TPSA) is 37.8 Å². The Balaban J connectivity index is 2.44. The maximum Gasteiger partial charge on any atom is 0.161 e. The highest BCUT2D eigenvalue weighted by molar-refractivity contribution is 14.1. The van der Waals surface area contributed by atoms with Gasteiger partial charge in [0.2, 0.25) is 0 Å². The van der Waals surface area contributed by atoms with Crippen LogP contribution < -0.4 is 5.32 Å². The number of benzene rings is 1. The third kappa shape index (κ3) is 4.30. The van der Waals surface area contributed by atoms with Crippen molar-refractivity contribution in [2.45, 2.75) is 33.1 Å². The number of halogens is 2. The molecule has 0 saturated heterocycles. The van der Waals surface area contributed by atoms with Crippen LogP contribution in [0.15, 0.2) is 24.3 Å². The highest BCUT2D eigenvalue weighted by atomic mass is 127. The van der Waals surface area contributed by atoms with E-state index in [0.29, 0.717) is 0 Å². The van der Waals surface area contributed by atoms with E-state index in [0.717, 1.165) is 57.3 Å². The number of aromatic nitrogens is 2. The van der Waals surface area contributed by atoms with Gasteiger partial charge in [-0.25, -0.2) is 9.97 Å². The molecule has 1 aromatic heterocycles. The molecule has 1 aromatic carbocycles. The molecular weight excluding hydrogens is 397 g/mol. The molecule has 0 aliphatic heterocycles. The van der Waals surface area contributed by atoms with Crippen LogP contribution in [-0.4, -0.2) is 16.5 Å². The van der Waals surface area contributed by atoms with Crippen LogP contribution in [0.5, 0.6) is 0 Å². The molecule has 0 bridgehead atoms. The molecule has 0 aliphatic rings. The van der Waals surface area contributed by atoms with Crippen molar-refractivity contribution in [3.63, 3.8) is 0 Å². The van der Waals surface area contributed by atoms with Gasteiger partial charge in [-0.3, -0.25) is 0 Å². The second kappa shape index (κ2) is 7.94. The summed E-state index contributed by atoms with van der Waals surface area (Å²) in [5.74, 6) is 1.69. The van der Waals surface area contributed by atoms with Gasteiger partial charge in [-0.1, -0.05) is 31.9 Å². The fourth-order valence-electron chi connectivity index (χ4n) is 1.98. The second-order valence-electron chi connectivity index (χ2n) is 4.84. The summed E-state index contributed by atoms with van der Waals surface area (Å²) in [5, 5.41) is 4.12. The third-order valence-electron chi connectivity index (χ3n) is 3.05. The van der Waals surface area contributed by atoms with Crippen LogP contribution in [0.1, 0.15) is 32.4 Å². The maximum absolute atomic E-state index is 5.95. The summed E-state index contributed by atoms with van der Waals surface area (Å²) in [4.78, 5) is 9.41. The van der Waals surface area contributed by atoms with E-state index < -0.39 is 0 Å². The van der Waals surface area contributed by atoms with Crippen LogP contribution in [0.25, 0.3) is 11.4 Å². The van der Waals surface area contributed by atoms with E-state index in [2.05, 4.69) is 46.7 Å². The summed E-state index contributed by atoms with van der Waals surface area (Å²) in [7, 11) is 0. The Morgan fingerprint density at radius 2 is 1.81 bits per heavy atom. The van der Waals surface area contributed by atoms with Gasteiger partial charge in [0.05, 0.1) is 9.26 Å². The molecule has 0 spiro atoms. The first kappa shape index (κ1) is 16.5. The van der Waals surface area contributed by atoms with Crippen LogP contribution in [0, 0.1) is 3.57 Å². The summed E-state index contributed by atoms with van der Waals surface area (Å²) < 4.78 is 1.13. The molecule has 0 aliphatic carbocycles. The minimum atomic E-state index is 0.724. The van der Waals surface area contributed by atoms with Crippen molar-refractivity contribution in [1.29, 1.82) is 0 Å². The average molecular weight is 416 g/mol. The Kier molecular flexibility index (Phi) is 6.23. The summed E-state index contributed by atoms with van der Waals surface area (Å²) in [5.41, 5.74) is 2.10. The van der Waals surface area contributed by atoms with Crippen molar-refractivity contribution in [1.82, 2.24) is 9.97 Å². The molecule has 2 rings (SSSR count). The minimum Gasteiger partial charge on any atom is -0.369 e. The van der Waals surface area contributed by atoms with Gasteiger partial charge in [-0.15, -0.1) is 0 Å². The predicted molar refractivity (Wildman–Crippen MR) is 98.0 cm³/mol. The van der Waals surface area contributed by atoms with E-state index >= 15 is 0 Å². The quantitative estimate of drug-likeness (QED) is 0.661. The number of rotatable bonds is 6. The lowest BCUT2D eigenvalue weighted by atomic mass is 10.2. The Morgan fingerprint density at radius 1 is 1.10 bits per heavy atom. The molecule has 0 unspecified atom stereocenters. The van der Waals surface area contributed by atoms with Gasteiger partial charge in [0.15, 0.2) is 5.82 Å². The van der Waals surface area contributed by atoms with Gasteiger partial charge >= 0.3 is 0 Å². The standard InChI is InChI=1S/C16H19ClIN3/c1-3-5-13-14(18)16(19-10-4-2)21-15(20-13)11-6-8-12(17)9-7-11/h6-9H,3-5,10H2,1-2H3,(H,19,20,21). The van der Waals surface area contributed by atoms with Crippen molar-refractivity contribution in [2.75, 3.05) is 11.9 Å². The summed E-state index contributed by atoms with van der Waals surface area (Å²) in [6.07, 6.45) is 3.10. The van der Waals surface area contributed by atoms with Crippen molar-refractivity contribution in [3.05, 3.63) is 38.6 Å². The zero-order valence-corrected chi connectivity index (χ0v) is 15.2. The lowest BCUT2D eigenvalue weighted by molar-refractivity contribution is 0.864. The van der Waals surface area contributed by atoms with Gasteiger partial charge in [-0.05, 0) is 59.7 Å². The molecule has 2 aromatic rings. The molecule has 0 radical (unpaired) electrons. The van der Waals surface area contributed by atoms with E-state index in [9.17, 15) is 0 Å². The Labute approximate surface area is 144 Å². The Morgan fingerprint density at radius 3 is 2.43 bits per heavy atom. The molecule has 1 N–H and O–H groups in total. The third-order valence-corrected chi connectivity index (χ3v) is 4.44. The molecule has 0 atom stereocenters. The largest absolute Gasteiger partial charge is 0.369 e. The minimum absolute atomic E-state index is 0.724. The number of anilines is 1. The fraction of sp³-hybridized carbons (Fsp3) is 0.375. The first-order valence-corrected chi connectivity index (χ1v) is 8.67. The highest BCUT2D eigenvalue weighted by Gasteiger charge is 2.12. The van der Waals surface area contributed by atoms with Gasteiger partial charge in [-0.2, -0.15) is 0 Å². The number of hydrogen-bond donors (Lipinski definition) is 1. The normalized spacial score (nSPS) is 10.7. The Hall–Kier alpha value is -0.880. The van der Waals surface area contributed by atoms with Gasteiger partial charge in [0, 0.05) is 17.1 Å². The molecule has 112 valence electrons. The van der Waals surface area contributed by atoms with E-state index in [1.54, 1.807) is 0 Å². The first-order chi connectivity index (χ1) is 10.2. The van der Waals surface area contributed by atoms with E-state index in [1.807, 2.05) is 24.3 Å². The summed E-state index contributed by atoms with van der Waals surface area (Å²) >= 11 is 8.29. The highest BCUT2D eigenvalue weighted by Crippen LogP contribution is 2.25.